The molecule has 0 bridgehead atoms. The Morgan fingerprint density at radius 1 is 1.36 bits per heavy atom. The predicted octanol–water partition coefficient (Wildman–Crippen LogP) is -1.93. The van der Waals surface area contributed by atoms with E-state index in [-0.39, 0.29) is 6.61 Å². The quantitative estimate of drug-likeness (QED) is 0.443. The Kier molecular flexibility index (Phi) is 2.80. The van der Waals surface area contributed by atoms with Crippen LogP contribution in [0.5, 0.6) is 0 Å². The smallest absolute Gasteiger partial charge is 0.186 e. The van der Waals surface area contributed by atoms with Crippen LogP contribution in [0, 0.1) is 0 Å². The zero-order valence-corrected chi connectivity index (χ0v) is 6.17. The Hall–Kier alpha value is -0.200. The third-order valence-corrected chi connectivity index (χ3v) is 1.73. The second-order valence-corrected chi connectivity index (χ2v) is 2.44. The van der Waals surface area contributed by atoms with E-state index in [2.05, 4.69) is 4.74 Å². The van der Waals surface area contributed by atoms with E-state index in [1.165, 1.54) is 7.11 Å². The fraction of sp³-hybridized carbons (Fsp3) is 1.00. The Labute approximate surface area is 64.2 Å². The van der Waals surface area contributed by atoms with E-state index in [4.69, 9.17) is 20.1 Å². The number of methoxy groups -OCH3 is 1. The average molecular weight is 164 g/mol. The highest BCUT2D eigenvalue weighted by molar-refractivity contribution is 4.85. The summed E-state index contributed by atoms with van der Waals surface area (Å²) in [6, 6.07) is 0. The molecule has 5 heteroatoms. The molecule has 0 spiro atoms. The molecule has 11 heavy (non-hydrogen) atoms. The summed E-state index contributed by atoms with van der Waals surface area (Å²) in [6.45, 7) is -0.321. The Morgan fingerprint density at radius 3 is 2.27 bits per heavy atom. The Balaban J connectivity index is 2.53. The minimum atomic E-state index is -1.07. The first-order valence-corrected chi connectivity index (χ1v) is 3.36. The first kappa shape index (κ1) is 8.89. The molecular weight excluding hydrogens is 152 g/mol. The van der Waals surface area contributed by atoms with Crippen LogP contribution in [0.15, 0.2) is 0 Å². The van der Waals surface area contributed by atoms with Gasteiger partial charge in [-0.3, -0.25) is 0 Å². The molecule has 1 aliphatic heterocycles. The van der Waals surface area contributed by atoms with Crippen molar-refractivity contribution in [3.05, 3.63) is 0 Å². The molecule has 1 heterocycles. The lowest BCUT2D eigenvalue weighted by atomic mass is 10.1. The molecular formula is C6H12O5. The molecule has 0 aromatic carbocycles. The molecule has 1 rings (SSSR count). The van der Waals surface area contributed by atoms with Crippen LogP contribution >= 0.6 is 0 Å². The molecule has 0 radical (unpaired) electrons. The van der Waals surface area contributed by atoms with Crippen molar-refractivity contribution in [2.24, 2.45) is 0 Å². The molecule has 1 fully saturated rings. The summed E-state index contributed by atoms with van der Waals surface area (Å²) in [5.74, 6) is 0. The minimum Gasteiger partial charge on any atom is -0.394 e. The minimum absolute atomic E-state index is 0.321. The van der Waals surface area contributed by atoms with Gasteiger partial charge in [-0.2, -0.15) is 0 Å². The standard InChI is InChI=1S/C6H12O5/c1-10-6-5(9)4(8)3(2-7)11-6/h3-9H,2H2,1H3/t3-,4+,5?,6-/m0/s1. The van der Waals surface area contributed by atoms with Crippen molar-refractivity contribution in [1.82, 2.24) is 0 Å². The summed E-state index contributed by atoms with van der Waals surface area (Å²) in [5, 5.41) is 26.9. The van der Waals surface area contributed by atoms with Crippen LogP contribution in [0.1, 0.15) is 0 Å². The van der Waals surface area contributed by atoms with Crippen LogP contribution in [-0.2, 0) is 9.47 Å². The number of ether oxygens (including phenoxy) is 2. The summed E-state index contributed by atoms with van der Waals surface area (Å²) < 4.78 is 9.59. The summed E-state index contributed by atoms with van der Waals surface area (Å²) in [7, 11) is 1.36. The maximum absolute atomic E-state index is 9.15. The SMILES string of the molecule is CO[C@H]1O[C@@H](CO)[C@@H](O)C1O. The first-order valence-electron chi connectivity index (χ1n) is 3.36. The summed E-state index contributed by atoms with van der Waals surface area (Å²) in [5.41, 5.74) is 0. The largest absolute Gasteiger partial charge is 0.394 e. The van der Waals surface area contributed by atoms with Gasteiger partial charge in [0, 0.05) is 7.11 Å². The van der Waals surface area contributed by atoms with E-state index < -0.39 is 24.6 Å². The molecule has 1 unspecified atom stereocenters. The van der Waals surface area contributed by atoms with Crippen molar-refractivity contribution in [2.75, 3.05) is 13.7 Å². The van der Waals surface area contributed by atoms with Crippen molar-refractivity contribution in [1.29, 1.82) is 0 Å². The van der Waals surface area contributed by atoms with Gasteiger partial charge >= 0.3 is 0 Å². The highest BCUT2D eigenvalue weighted by Crippen LogP contribution is 2.20. The lowest BCUT2D eigenvalue weighted by Gasteiger charge is -2.11. The molecule has 4 atom stereocenters. The van der Waals surface area contributed by atoms with Gasteiger partial charge in [-0.05, 0) is 0 Å². The Morgan fingerprint density at radius 2 is 2.00 bits per heavy atom. The summed E-state index contributed by atoms with van der Waals surface area (Å²) in [6.07, 6.45) is -3.71. The maximum Gasteiger partial charge on any atom is 0.186 e. The van der Waals surface area contributed by atoms with Gasteiger partial charge in [-0.1, -0.05) is 0 Å². The molecule has 0 aromatic heterocycles. The van der Waals surface area contributed by atoms with E-state index in [1.807, 2.05) is 0 Å². The maximum atomic E-state index is 9.15. The lowest BCUT2D eigenvalue weighted by molar-refractivity contribution is -0.153. The van der Waals surface area contributed by atoms with E-state index in [1.54, 1.807) is 0 Å². The van der Waals surface area contributed by atoms with Crippen LogP contribution in [-0.4, -0.2) is 53.6 Å². The highest BCUT2D eigenvalue weighted by atomic mass is 16.7. The molecule has 0 aromatic rings. The summed E-state index contributed by atoms with van der Waals surface area (Å²) in [4.78, 5) is 0. The number of aliphatic hydroxyl groups excluding tert-OH is 3. The van der Waals surface area contributed by atoms with E-state index in [0.717, 1.165) is 0 Å². The molecule has 0 aliphatic carbocycles. The molecule has 5 nitrogen and oxygen atoms in total. The second kappa shape index (κ2) is 3.46. The molecule has 1 saturated heterocycles. The fourth-order valence-corrected chi connectivity index (χ4v) is 1.06. The van der Waals surface area contributed by atoms with Crippen LogP contribution in [0.4, 0.5) is 0 Å². The first-order chi connectivity index (χ1) is 5.20. The van der Waals surface area contributed by atoms with E-state index in [0.29, 0.717) is 0 Å². The van der Waals surface area contributed by atoms with Crippen LogP contribution in [0.25, 0.3) is 0 Å². The molecule has 3 N–H and O–H groups in total. The third kappa shape index (κ3) is 1.52. The third-order valence-electron chi connectivity index (χ3n) is 1.73. The van der Waals surface area contributed by atoms with Crippen molar-refractivity contribution in [3.63, 3.8) is 0 Å². The molecule has 0 saturated carbocycles. The average Bonchev–Trinajstić information content (AvgIpc) is 2.30. The zero-order valence-electron chi connectivity index (χ0n) is 6.17. The van der Waals surface area contributed by atoms with Crippen molar-refractivity contribution in [2.45, 2.75) is 24.6 Å². The van der Waals surface area contributed by atoms with Crippen LogP contribution in [0.3, 0.4) is 0 Å². The zero-order chi connectivity index (χ0) is 8.43. The molecule has 66 valence electrons. The van der Waals surface area contributed by atoms with Crippen molar-refractivity contribution in [3.8, 4) is 0 Å². The van der Waals surface area contributed by atoms with Gasteiger partial charge < -0.3 is 24.8 Å². The van der Waals surface area contributed by atoms with Crippen molar-refractivity contribution < 1.29 is 24.8 Å². The second-order valence-electron chi connectivity index (χ2n) is 2.44. The van der Waals surface area contributed by atoms with Gasteiger partial charge in [0.2, 0.25) is 0 Å². The van der Waals surface area contributed by atoms with Gasteiger partial charge in [0.15, 0.2) is 6.29 Å². The number of rotatable bonds is 2. The number of hydrogen-bond acceptors (Lipinski definition) is 5. The summed E-state index contributed by atoms with van der Waals surface area (Å²) >= 11 is 0. The number of hydrogen-bond donors (Lipinski definition) is 3. The van der Waals surface area contributed by atoms with Gasteiger partial charge in [-0.25, -0.2) is 0 Å². The van der Waals surface area contributed by atoms with Gasteiger partial charge in [0.05, 0.1) is 6.61 Å². The molecule has 0 amide bonds. The van der Waals surface area contributed by atoms with Crippen molar-refractivity contribution >= 4 is 0 Å². The van der Waals surface area contributed by atoms with E-state index >= 15 is 0 Å². The lowest BCUT2D eigenvalue weighted by Crippen LogP contribution is -2.34. The Bertz CT molecular complexity index is 110. The topological polar surface area (TPSA) is 79.2 Å². The predicted molar refractivity (Wildman–Crippen MR) is 34.8 cm³/mol. The highest BCUT2D eigenvalue weighted by Gasteiger charge is 2.42. The van der Waals surface area contributed by atoms with Gasteiger partial charge in [-0.15, -0.1) is 0 Å². The monoisotopic (exact) mass is 164 g/mol. The van der Waals surface area contributed by atoms with Gasteiger partial charge in [0.1, 0.15) is 18.3 Å². The molecule has 1 aliphatic rings. The number of aliphatic hydroxyl groups is 3. The van der Waals surface area contributed by atoms with Crippen LogP contribution < -0.4 is 0 Å². The van der Waals surface area contributed by atoms with E-state index in [9.17, 15) is 0 Å². The normalized spacial score (nSPS) is 44.7. The van der Waals surface area contributed by atoms with Crippen LogP contribution in [0.2, 0.25) is 0 Å². The fourth-order valence-electron chi connectivity index (χ4n) is 1.06. The van der Waals surface area contributed by atoms with Gasteiger partial charge in [0.25, 0.3) is 0 Å².